The standard InChI is InChI=1S/C16H19ClN6O4/c1-26-14-8-13(23-9-18-20-21-23)12(17)7-11(14)15(24)19-10-3-5-22(6-4-10)16(25)27-2/h7-10H,3-6H2,1-2H3,(H,19,24). The van der Waals surface area contributed by atoms with E-state index in [-0.39, 0.29) is 18.0 Å². The SMILES string of the molecule is COC(=O)N1CCC(NC(=O)c2cc(Cl)c(-n3cnnn3)cc2OC)CC1. The van der Waals surface area contributed by atoms with Crippen molar-refractivity contribution in [2.45, 2.75) is 18.9 Å². The van der Waals surface area contributed by atoms with E-state index in [1.54, 1.807) is 11.0 Å². The first-order chi connectivity index (χ1) is 13.0. The lowest BCUT2D eigenvalue weighted by atomic mass is 10.0. The molecular formula is C16H19ClN6O4. The van der Waals surface area contributed by atoms with Gasteiger partial charge in [-0.25, -0.2) is 4.79 Å². The van der Waals surface area contributed by atoms with E-state index in [0.717, 1.165) is 0 Å². The Balaban J connectivity index is 1.72. The van der Waals surface area contributed by atoms with Crippen LogP contribution >= 0.6 is 11.6 Å². The molecule has 0 unspecified atom stereocenters. The molecule has 2 heterocycles. The monoisotopic (exact) mass is 394 g/mol. The molecule has 27 heavy (non-hydrogen) atoms. The predicted octanol–water partition coefficient (Wildman–Crippen LogP) is 1.28. The number of carbonyl (C=O) groups is 2. The fourth-order valence-electron chi connectivity index (χ4n) is 2.93. The summed E-state index contributed by atoms with van der Waals surface area (Å²) in [4.78, 5) is 25.9. The molecule has 2 aromatic rings. The first-order valence-corrected chi connectivity index (χ1v) is 8.66. The van der Waals surface area contributed by atoms with Crippen molar-refractivity contribution in [3.63, 3.8) is 0 Å². The number of halogens is 1. The van der Waals surface area contributed by atoms with E-state index in [1.165, 1.54) is 31.3 Å². The Labute approximate surface area is 160 Å². The lowest BCUT2D eigenvalue weighted by Crippen LogP contribution is -2.46. The first-order valence-electron chi connectivity index (χ1n) is 8.28. The molecule has 0 atom stereocenters. The number of tetrazole rings is 1. The van der Waals surface area contributed by atoms with Gasteiger partial charge in [0.25, 0.3) is 5.91 Å². The van der Waals surface area contributed by atoms with Gasteiger partial charge in [-0.3, -0.25) is 4.79 Å². The Morgan fingerprint density at radius 1 is 1.26 bits per heavy atom. The number of nitrogens with zero attached hydrogens (tertiary/aromatic N) is 5. The molecule has 1 saturated heterocycles. The van der Waals surface area contributed by atoms with Crippen molar-refractivity contribution >= 4 is 23.6 Å². The minimum absolute atomic E-state index is 0.0546. The predicted molar refractivity (Wildman–Crippen MR) is 95.2 cm³/mol. The summed E-state index contributed by atoms with van der Waals surface area (Å²) < 4.78 is 11.4. The van der Waals surface area contributed by atoms with E-state index in [2.05, 4.69) is 20.8 Å². The number of carbonyl (C=O) groups excluding carboxylic acids is 2. The lowest BCUT2D eigenvalue weighted by Gasteiger charge is -2.31. The fourth-order valence-corrected chi connectivity index (χ4v) is 3.19. The molecule has 0 saturated carbocycles. The zero-order valence-electron chi connectivity index (χ0n) is 14.9. The van der Waals surface area contributed by atoms with Crippen molar-refractivity contribution in [2.75, 3.05) is 27.3 Å². The molecule has 0 bridgehead atoms. The topological polar surface area (TPSA) is 111 Å². The molecule has 2 amide bonds. The zero-order chi connectivity index (χ0) is 19.4. The van der Waals surface area contributed by atoms with E-state index in [4.69, 9.17) is 21.1 Å². The molecular weight excluding hydrogens is 376 g/mol. The molecule has 3 rings (SSSR count). The van der Waals surface area contributed by atoms with Gasteiger partial charge in [-0.2, -0.15) is 4.68 Å². The van der Waals surface area contributed by atoms with Gasteiger partial charge in [0, 0.05) is 25.2 Å². The van der Waals surface area contributed by atoms with Crippen molar-refractivity contribution < 1.29 is 19.1 Å². The summed E-state index contributed by atoms with van der Waals surface area (Å²) in [5.74, 6) is 0.0583. The molecule has 11 heteroatoms. The number of benzene rings is 1. The minimum Gasteiger partial charge on any atom is -0.496 e. The van der Waals surface area contributed by atoms with Crippen molar-refractivity contribution in [3.8, 4) is 11.4 Å². The van der Waals surface area contributed by atoms with Crippen LogP contribution in [0.5, 0.6) is 5.75 Å². The summed E-state index contributed by atoms with van der Waals surface area (Å²) >= 11 is 6.30. The highest BCUT2D eigenvalue weighted by Gasteiger charge is 2.26. The summed E-state index contributed by atoms with van der Waals surface area (Å²) in [7, 11) is 2.82. The normalized spacial score (nSPS) is 14.7. The molecule has 1 fully saturated rings. The lowest BCUT2D eigenvalue weighted by molar-refractivity contribution is 0.0889. The molecule has 1 aromatic heterocycles. The number of nitrogens with one attached hydrogen (secondary N) is 1. The Kier molecular flexibility index (Phi) is 5.75. The number of amides is 2. The second kappa shape index (κ2) is 8.21. The van der Waals surface area contributed by atoms with E-state index < -0.39 is 0 Å². The summed E-state index contributed by atoms with van der Waals surface area (Å²) in [5, 5.41) is 14.2. The van der Waals surface area contributed by atoms with Gasteiger partial charge in [-0.05, 0) is 29.3 Å². The van der Waals surface area contributed by atoms with Crippen LogP contribution in [0.25, 0.3) is 5.69 Å². The maximum absolute atomic E-state index is 12.7. The Morgan fingerprint density at radius 3 is 2.59 bits per heavy atom. The summed E-state index contributed by atoms with van der Waals surface area (Å²) in [6, 6.07) is 3.07. The van der Waals surface area contributed by atoms with Crippen molar-refractivity contribution in [1.82, 2.24) is 30.4 Å². The number of hydrogen-bond donors (Lipinski definition) is 1. The third-order valence-electron chi connectivity index (χ3n) is 4.37. The first kappa shape index (κ1) is 18.9. The minimum atomic E-state index is -0.355. The van der Waals surface area contributed by atoms with E-state index in [9.17, 15) is 9.59 Å². The summed E-state index contributed by atoms with van der Waals surface area (Å²) in [6.07, 6.45) is 2.32. The molecule has 1 aromatic carbocycles. The second-order valence-corrected chi connectivity index (χ2v) is 6.37. The maximum atomic E-state index is 12.7. The molecule has 0 aliphatic carbocycles. The van der Waals surface area contributed by atoms with Crippen LogP contribution in [0.2, 0.25) is 5.02 Å². The molecule has 0 radical (unpaired) electrons. The third-order valence-corrected chi connectivity index (χ3v) is 4.68. The second-order valence-electron chi connectivity index (χ2n) is 5.96. The zero-order valence-corrected chi connectivity index (χ0v) is 15.6. The van der Waals surface area contributed by atoms with Crippen LogP contribution in [-0.2, 0) is 4.74 Å². The molecule has 1 aliphatic rings. The van der Waals surface area contributed by atoms with E-state index >= 15 is 0 Å². The molecule has 10 nitrogen and oxygen atoms in total. The number of aromatic nitrogens is 4. The number of rotatable bonds is 4. The van der Waals surface area contributed by atoms with Gasteiger partial charge in [0.1, 0.15) is 12.1 Å². The van der Waals surface area contributed by atoms with Crippen molar-refractivity contribution in [2.24, 2.45) is 0 Å². The Morgan fingerprint density at radius 2 is 2.00 bits per heavy atom. The average Bonchev–Trinajstić information content (AvgIpc) is 3.22. The van der Waals surface area contributed by atoms with Crippen LogP contribution < -0.4 is 10.1 Å². The van der Waals surface area contributed by atoms with Gasteiger partial charge in [-0.15, -0.1) is 5.10 Å². The number of hydrogen-bond acceptors (Lipinski definition) is 7. The summed E-state index contributed by atoms with van der Waals surface area (Å²) in [6.45, 7) is 1.04. The maximum Gasteiger partial charge on any atom is 0.409 e. The van der Waals surface area contributed by atoms with Crippen molar-refractivity contribution in [1.29, 1.82) is 0 Å². The van der Waals surface area contributed by atoms with Gasteiger partial charge in [0.15, 0.2) is 0 Å². The largest absolute Gasteiger partial charge is 0.496 e. The molecule has 1 aliphatic heterocycles. The molecule has 0 spiro atoms. The van der Waals surface area contributed by atoms with Gasteiger partial charge in [0.05, 0.1) is 30.5 Å². The number of piperidine rings is 1. The van der Waals surface area contributed by atoms with Gasteiger partial charge in [0.2, 0.25) is 0 Å². The summed E-state index contributed by atoms with van der Waals surface area (Å²) in [5.41, 5.74) is 0.816. The van der Waals surface area contributed by atoms with Crippen LogP contribution in [0, 0.1) is 0 Å². The highest BCUT2D eigenvalue weighted by atomic mass is 35.5. The van der Waals surface area contributed by atoms with Gasteiger partial charge < -0.3 is 19.7 Å². The number of methoxy groups -OCH3 is 2. The Hall–Kier alpha value is -2.88. The van der Waals surface area contributed by atoms with Gasteiger partial charge in [-0.1, -0.05) is 11.6 Å². The number of likely N-dealkylation sites (tertiary alicyclic amines) is 1. The van der Waals surface area contributed by atoms with Crippen LogP contribution in [0.1, 0.15) is 23.2 Å². The van der Waals surface area contributed by atoms with E-state index in [1.807, 2.05) is 0 Å². The molecule has 144 valence electrons. The highest BCUT2D eigenvalue weighted by Crippen LogP contribution is 2.29. The van der Waals surface area contributed by atoms with Crippen molar-refractivity contribution in [3.05, 3.63) is 29.0 Å². The van der Waals surface area contributed by atoms with Gasteiger partial charge >= 0.3 is 6.09 Å². The fraction of sp³-hybridized carbons (Fsp3) is 0.438. The van der Waals surface area contributed by atoms with Crippen LogP contribution in [0.15, 0.2) is 18.5 Å². The quantitative estimate of drug-likeness (QED) is 0.831. The van der Waals surface area contributed by atoms with Crippen LogP contribution in [0.4, 0.5) is 4.79 Å². The molecule has 1 N–H and O–H groups in total. The van der Waals surface area contributed by atoms with Crippen LogP contribution in [-0.4, -0.2) is 70.5 Å². The van der Waals surface area contributed by atoms with Crippen LogP contribution in [0.3, 0.4) is 0 Å². The number of ether oxygens (including phenoxy) is 2. The average molecular weight is 395 g/mol. The van der Waals surface area contributed by atoms with E-state index in [0.29, 0.717) is 48.0 Å². The highest BCUT2D eigenvalue weighted by molar-refractivity contribution is 6.33. The Bertz CT molecular complexity index is 821. The smallest absolute Gasteiger partial charge is 0.409 e. The third kappa shape index (κ3) is 4.11.